The molecule has 0 aliphatic carbocycles. The number of ether oxygens (including phenoxy) is 1. The zero-order valence-corrected chi connectivity index (χ0v) is 14.4. The molecule has 2 atom stereocenters. The molecule has 0 spiro atoms. The maximum atomic E-state index is 12.0. The number of fused-ring (bicyclic) bond motifs is 1. The molecule has 134 valence electrons. The van der Waals surface area contributed by atoms with Crippen LogP contribution >= 0.6 is 0 Å². The Balaban J connectivity index is 1.54. The summed E-state index contributed by atoms with van der Waals surface area (Å²) >= 11 is 0. The third-order valence-electron chi connectivity index (χ3n) is 4.02. The number of nitrogens with zero attached hydrogens (tertiary/aromatic N) is 1. The van der Waals surface area contributed by atoms with Gasteiger partial charge in [-0.05, 0) is 25.5 Å². The number of aromatic nitrogens is 1. The summed E-state index contributed by atoms with van der Waals surface area (Å²) in [4.78, 5) is 24.1. The van der Waals surface area contributed by atoms with E-state index in [1.807, 2.05) is 0 Å². The lowest BCUT2D eigenvalue weighted by atomic mass is 10.2. The van der Waals surface area contributed by atoms with Crippen LogP contribution in [0.3, 0.4) is 0 Å². The Bertz CT molecular complexity index is 904. The van der Waals surface area contributed by atoms with Crippen molar-refractivity contribution in [2.45, 2.75) is 31.9 Å². The van der Waals surface area contributed by atoms with Gasteiger partial charge in [-0.25, -0.2) is 8.42 Å². The summed E-state index contributed by atoms with van der Waals surface area (Å²) in [5.41, 5.74) is 1.01. The predicted molar refractivity (Wildman–Crippen MR) is 88.5 cm³/mol. The van der Waals surface area contributed by atoms with Gasteiger partial charge in [0.2, 0.25) is 0 Å². The molecule has 1 aliphatic heterocycles. The molecule has 8 nitrogen and oxygen atoms in total. The molecular weight excluding hydrogens is 348 g/mol. The Hall–Kier alpha value is -2.42. The largest absolute Gasteiger partial charge is 0.452 e. The van der Waals surface area contributed by atoms with Gasteiger partial charge in [-0.2, -0.15) is 0 Å². The summed E-state index contributed by atoms with van der Waals surface area (Å²) in [5, 5.41) is 7.16. The van der Waals surface area contributed by atoms with Crippen LogP contribution in [0.1, 0.15) is 19.0 Å². The van der Waals surface area contributed by atoms with Crippen LogP contribution in [-0.2, 0) is 30.6 Å². The summed E-state index contributed by atoms with van der Waals surface area (Å²) in [6.45, 7) is 1.44. The summed E-state index contributed by atoms with van der Waals surface area (Å²) in [6, 6.07) is 6.69. The second kappa shape index (κ2) is 6.83. The molecule has 0 radical (unpaired) electrons. The SMILES string of the molecule is C[C@H](OC(=O)Cc1noc2ccccc12)C(=O)N[C@@H]1CCS(=O)(=O)C1. The molecule has 1 N–H and O–H groups in total. The normalized spacial score (nSPS) is 20.3. The van der Waals surface area contributed by atoms with Crippen LogP contribution in [0.25, 0.3) is 11.0 Å². The minimum atomic E-state index is -3.09. The van der Waals surface area contributed by atoms with Gasteiger partial charge in [0.15, 0.2) is 21.5 Å². The number of sulfone groups is 1. The van der Waals surface area contributed by atoms with Crippen molar-refractivity contribution in [1.82, 2.24) is 10.5 Å². The molecule has 0 saturated carbocycles. The lowest BCUT2D eigenvalue weighted by molar-refractivity contribution is -0.154. The number of amides is 1. The number of hydrogen-bond acceptors (Lipinski definition) is 7. The lowest BCUT2D eigenvalue weighted by Gasteiger charge is -2.16. The number of carbonyl (C=O) groups excluding carboxylic acids is 2. The average molecular weight is 366 g/mol. The first kappa shape index (κ1) is 17.4. The fraction of sp³-hybridized carbons (Fsp3) is 0.438. The number of nitrogens with one attached hydrogen (secondary N) is 1. The van der Waals surface area contributed by atoms with E-state index in [4.69, 9.17) is 9.26 Å². The van der Waals surface area contributed by atoms with Crippen molar-refractivity contribution in [3.8, 4) is 0 Å². The predicted octanol–water partition coefficient (Wildman–Crippen LogP) is 0.605. The van der Waals surface area contributed by atoms with Gasteiger partial charge in [0.05, 0.1) is 17.9 Å². The molecule has 0 unspecified atom stereocenters. The standard InChI is InChI=1S/C16H18N2O6S/c1-10(16(20)17-11-6-7-25(21,22)9-11)23-15(19)8-13-12-4-2-3-5-14(12)24-18-13/h2-5,10-11H,6-9H2,1H3,(H,17,20)/t10-,11+/m0/s1. The molecule has 1 saturated heterocycles. The van der Waals surface area contributed by atoms with Crippen molar-refractivity contribution in [2.24, 2.45) is 0 Å². The van der Waals surface area contributed by atoms with E-state index in [0.717, 1.165) is 0 Å². The van der Waals surface area contributed by atoms with Crippen molar-refractivity contribution in [2.75, 3.05) is 11.5 Å². The Labute approximate surface area is 144 Å². The second-order valence-electron chi connectivity index (χ2n) is 6.04. The first-order valence-electron chi connectivity index (χ1n) is 7.87. The Kier molecular flexibility index (Phi) is 4.76. The van der Waals surface area contributed by atoms with Crippen molar-refractivity contribution in [3.05, 3.63) is 30.0 Å². The molecule has 1 amide bonds. The highest BCUT2D eigenvalue weighted by Gasteiger charge is 2.30. The molecule has 1 aromatic carbocycles. The number of benzene rings is 1. The average Bonchev–Trinajstić information content (AvgIpc) is 3.10. The van der Waals surface area contributed by atoms with Gasteiger partial charge in [0, 0.05) is 11.4 Å². The molecule has 1 aliphatic rings. The molecular formula is C16H18N2O6S. The molecule has 1 aromatic heterocycles. The van der Waals surface area contributed by atoms with Crippen LogP contribution in [0, 0.1) is 0 Å². The fourth-order valence-electron chi connectivity index (χ4n) is 2.72. The highest BCUT2D eigenvalue weighted by molar-refractivity contribution is 7.91. The highest BCUT2D eigenvalue weighted by atomic mass is 32.2. The molecule has 2 aromatic rings. The minimum Gasteiger partial charge on any atom is -0.452 e. The smallest absolute Gasteiger partial charge is 0.312 e. The van der Waals surface area contributed by atoms with Crippen molar-refractivity contribution < 1.29 is 27.3 Å². The van der Waals surface area contributed by atoms with E-state index in [0.29, 0.717) is 23.1 Å². The van der Waals surface area contributed by atoms with Crippen LogP contribution in [0.2, 0.25) is 0 Å². The molecule has 1 fully saturated rings. The Morgan fingerprint density at radius 3 is 2.88 bits per heavy atom. The van der Waals surface area contributed by atoms with Crippen molar-refractivity contribution in [3.63, 3.8) is 0 Å². The van der Waals surface area contributed by atoms with Crippen LogP contribution < -0.4 is 5.32 Å². The lowest BCUT2D eigenvalue weighted by Crippen LogP contribution is -2.42. The van der Waals surface area contributed by atoms with Crippen LogP contribution in [0.4, 0.5) is 0 Å². The Morgan fingerprint density at radius 1 is 1.40 bits per heavy atom. The number of carbonyl (C=O) groups is 2. The van der Waals surface area contributed by atoms with Crippen molar-refractivity contribution in [1.29, 1.82) is 0 Å². The third-order valence-corrected chi connectivity index (χ3v) is 5.79. The number of hydrogen-bond donors (Lipinski definition) is 1. The van der Waals surface area contributed by atoms with Gasteiger partial charge in [0.25, 0.3) is 5.91 Å². The minimum absolute atomic E-state index is 0.0609. The maximum absolute atomic E-state index is 12.0. The second-order valence-corrected chi connectivity index (χ2v) is 8.27. The van der Waals surface area contributed by atoms with E-state index in [-0.39, 0.29) is 17.9 Å². The highest BCUT2D eigenvalue weighted by Crippen LogP contribution is 2.18. The zero-order chi connectivity index (χ0) is 18.0. The van der Waals surface area contributed by atoms with E-state index in [1.54, 1.807) is 24.3 Å². The molecule has 9 heteroatoms. The van der Waals surface area contributed by atoms with Gasteiger partial charge in [-0.3, -0.25) is 9.59 Å². The topological polar surface area (TPSA) is 116 Å². The Morgan fingerprint density at radius 2 is 2.16 bits per heavy atom. The summed E-state index contributed by atoms with van der Waals surface area (Å²) < 4.78 is 33.0. The van der Waals surface area contributed by atoms with E-state index < -0.39 is 33.9 Å². The monoisotopic (exact) mass is 366 g/mol. The summed E-state index contributed by atoms with van der Waals surface area (Å²) in [5.74, 6) is -1.14. The van der Waals surface area contributed by atoms with E-state index in [9.17, 15) is 18.0 Å². The van der Waals surface area contributed by atoms with Crippen molar-refractivity contribution >= 4 is 32.7 Å². The zero-order valence-electron chi connectivity index (χ0n) is 13.6. The molecule has 0 bridgehead atoms. The summed E-state index contributed by atoms with van der Waals surface area (Å²) in [6.07, 6.45) is -0.763. The van der Waals surface area contributed by atoms with Crippen LogP contribution in [0.5, 0.6) is 0 Å². The number of rotatable bonds is 5. The molecule has 3 rings (SSSR count). The van der Waals surface area contributed by atoms with Crippen LogP contribution in [-0.4, -0.2) is 49.1 Å². The maximum Gasteiger partial charge on any atom is 0.312 e. The van der Waals surface area contributed by atoms with Gasteiger partial charge in [-0.1, -0.05) is 17.3 Å². The first-order chi connectivity index (χ1) is 11.8. The molecule has 2 heterocycles. The molecule has 25 heavy (non-hydrogen) atoms. The third kappa shape index (κ3) is 4.16. The van der Waals surface area contributed by atoms with Gasteiger partial charge < -0.3 is 14.6 Å². The first-order valence-corrected chi connectivity index (χ1v) is 9.70. The van der Waals surface area contributed by atoms with E-state index >= 15 is 0 Å². The van der Waals surface area contributed by atoms with Crippen LogP contribution in [0.15, 0.2) is 28.8 Å². The van der Waals surface area contributed by atoms with Gasteiger partial charge >= 0.3 is 5.97 Å². The fourth-order valence-corrected chi connectivity index (χ4v) is 4.40. The van der Waals surface area contributed by atoms with E-state index in [1.165, 1.54) is 6.92 Å². The van der Waals surface area contributed by atoms with Gasteiger partial charge in [0.1, 0.15) is 5.69 Å². The number of para-hydroxylation sites is 1. The quantitative estimate of drug-likeness (QED) is 0.771. The van der Waals surface area contributed by atoms with E-state index in [2.05, 4.69) is 10.5 Å². The van der Waals surface area contributed by atoms with Gasteiger partial charge in [-0.15, -0.1) is 0 Å². The number of esters is 1. The summed E-state index contributed by atoms with van der Waals surface area (Å²) in [7, 11) is -3.09.